The molecule has 0 aromatic heterocycles. The Labute approximate surface area is 176 Å². The summed E-state index contributed by atoms with van der Waals surface area (Å²) in [7, 11) is 0. The van der Waals surface area contributed by atoms with Gasteiger partial charge in [-0.15, -0.1) is 0 Å². The highest BCUT2D eigenvalue weighted by Gasteiger charge is 2.29. The number of amides is 1. The number of ether oxygens (including phenoxy) is 1. The van der Waals surface area contributed by atoms with E-state index < -0.39 is 11.6 Å². The van der Waals surface area contributed by atoms with Crippen molar-refractivity contribution in [3.63, 3.8) is 0 Å². The summed E-state index contributed by atoms with van der Waals surface area (Å²) in [6.07, 6.45) is 1.96. The summed E-state index contributed by atoms with van der Waals surface area (Å²) in [5.41, 5.74) is 2.38. The van der Waals surface area contributed by atoms with Crippen LogP contribution in [-0.2, 0) is 22.6 Å². The first kappa shape index (κ1) is 23.1. The van der Waals surface area contributed by atoms with Gasteiger partial charge in [0.1, 0.15) is 12.3 Å². The number of quaternary nitrogens is 1. The molecule has 0 fully saturated rings. The average Bonchev–Trinajstić information content (AvgIpc) is 2.71. The Morgan fingerprint density at radius 1 is 1.07 bits per heavy atom. The normalized spacial score (nSPS) is 11.9. The number of primary amides is 1. The second-order valence-corrected chi connectivity index (χ2v) is 7.75. The lowest BCUT2D eigenvalue weighted by molar-refractivity contribution is -0.578. The van der Waals surface area contributed by atoms with E-state index in [0.717, 1.165) is 24.0 Å². The molecule has 0 unspecified atom stereocenters. The third-order valence-electron chi connectivity index (χ3n) is 4.77. The van der Waals surface area contributed by atoms with Crippen LogP contribution in [0.5, 0.6) is 5.75 Å². The zero-order valence-electron chi connectivity index (χ0n) is 17.7. The number of rotatable bonds is 10. The predicted octanol–water partition coefficient (Wildman–Crippen LogP) is 2.16. The lowest BCUT2D eigenvalue weighted by Crippen LogP contribution is -2.88. The number of hydrazone groups is 1. The first-order valence-corrected chi connectivity index (χ1v) is 9.92. The maximum Gasteiger partial charge on any atom is 0.358 e. The molecule has 0 bridgehead atoms. The minimum atomic E-state index is -1.29. The molecule has 7 nitrogen and oxygen atoms in total. The Hall–Kier alpha value is -3.19. The van der Waals surface area contributed by atoms with Gasteiger partial charge in [-0.2, -0.15) is 5.10 Å². The van der Waals surface area contributed by atoms with Crippen LogP contribution < -0.4 is 15.9 Å². The average molecular weight is 413 g/mol. The molecule has 1 amide bonds. The molecule has 5 N–H and O–H groups in total. The maximum absolute atomic E-state index is 12.4. The van der Waals surface area contributed by atoms with Gasteiger partial charge in [0.05, 0.1) is 0 Å². The fourth-order valence-electron chi connectivity index (χ4n) is 2.83. The molecular formula is C23H30N3O4+. The van der Waals surface area contributed by atoms with Gasteiger partial charge in [0.15, 0.2) is 11.3 Å². The van der Waals surface area contributed by atoms with Gasteiger partial charge in [0.2, 0.25) is 0 Å². The molecule has 2 rings (SSSR count). The summed E-state index contributed by atoms with van der Waals surface area (Å²) in [5.74, 6) is 4.76. The van der Waals surface area contributed by atoms with E-state index in [1.54, 1.807) is 17.4 Å². The van der Waals surface area contributed by atoms with Crippen molar-refractivity contribution in [2.24, 2.45) is 10.9 Å². The van der Waals surface area contributed by atoms with E-state index in [-0.39, 0.29) is 5.91 Å². The molecule has 2 aromatic carbocycles. The Balaban J connectivity index is 1.80. The van der Waals surface area contributed by atoms with Gasteiger partial charge < -0.3 is 15.7 Å². The van der Waals surface area contributed by atoms with E-state index in [9.17, 15) is 9.59 Å². The minimum Gasteiger partial charge on any atom is -0.478 e. The number of carboxylic acid groups (broad SMARTS) is 1. The van der Waals surface area contributed by atoms with Gasteiger partial charge in [-0.25, -0.2) is 9.59 Å². The van der Waals surface area contributed by atoms with Gasteiger partial charge in [0.25, 0.3) is 0 Å². The zero-order valence-corrected chi connectivity index (χ0v) is 17.7. The van der Waals surface area contributed by atoms with Gasteiger partial charge in [-0.1, -0.05) is 42.0 Å². The van der Waals surface area contributed by atoms with Crippen LogP contribution in [0.25, 0.3) is 0 Å². The number of benzene rings is 2. The van der Waals surface area contributed by atoms with Crippen LogP contribution in [0.1, 0.15) is 43.4 Å². The molecule has 0 spiro atoms. The van der Waals surface area contributed by atoms with E-state index in [4.69, 9.17) is 15.7 Å². The largest absolute Gasteiger partial charge is 0.478 e. The smallest absolute Gasteiger partial charge is 0.358 e. The summed E-state index contributed by atoms with van der Waals surface area (Å²) < 4.78 is 5.50. The molecule has 7 heteroatoms. The van der Waals surface area contributed by atoms with E-state index in [1.807, 2.05) is 43.3 Å². The topological polar surface area (TPSA) is 119 Å². The number of carbonyl (C=O) groups is 2. The van der Waals surface area contributed by atoms with Crippen LogP contribution in [-0.4, -0.2) is 28.3 Å². The Morgan fingerprint density at radius 2 is 1.67 bits per heavy atom. The molecule has 0 aliphatic rings. The van der Waals surface area contributed by atoms with Gasteiger partial charge in [0, 0.05) is 12.0 Å². The van der Waals surface area contributed by atoms with Crippen molar-refractivity contribution in [2.75, 3.05) is 0 Å². The second kappa shape index (κ2) is 10.5. The van der Waals surface area contributed by atoms with Crippen molar-refractivity contribution in [2.45, 2.75) is 52.2 Å². The van der Waals surface area contributed by atoms with Crippen LogP contribution in [0.15, 0.2) is 53.6 Å². The lowest BCUT2D eigenvalue weighted by atomic mass is 10.1. The molecule has 160 valence electrons. The lowest BCUT2D eigenvalue weighted by Gasteiger charge is -2.21. The molecule has 0 aliphatic heterocycles. The number of hydrogen-bond acceptors (Lipinski definition) is 5. The highest BCUT2D eigenvalue weighted by molar-refractivity contribution is 6.34. The first-order chi connectivity index (χ1) is 14.2. The quantitative estimate of drug-likeness (QED) is 0.314. The molecule has 30 heavy (non-hydrogen) atoms. The standard InChI is InChI=1S/C23H29N3O4/c1-16-7-9-18(10-8-16)15-25-21(27)20(26-24)6-4-5-17-11-13-19(14-12-17)30-23(2,3)22(28)29/h7-14H,4-6,15,24H2,1-3H3,(H,25,27)(H,28,29)/p+1/b26-20-. The molecular weight excluding hydrogens is 382 g/mol. The van der Waals surface area contributed by atoms with Crippen molar-refractivity contribution in [1.82, 2.24) is 0 Å². The molecule has 0 aliphatic carbocycles. The summed E-state index contributed by atoms with van der Waals surface area (Å²) in [5, 5.41) is 14.4. The number of nitrogens with zero attached hydrogens (tertiary/aromatic N) is 1. The van der Waals surface area contributed by atoms with Crippen LogP contribution in [0, 0.1) is 6.92 Å². The molecule has 0 saturated heterocycles. The maximum atomic E-state index is 12.4. The fourth-order valence-corrected chi connectivity index (χ4v) is 2.83. The first-order valence-electron chi connectivity index (χ1n) is 9.92. The second-order valence-electron chi connectivity index (χ2n) is 7.75. The SMILES string of the molecule is Cc1ccc(C[NH2+]C(=O)/C(CCCc2ccc(OC(C)(C)C(=O)O)cc2)=N\N)cc1. The number of carboxylic acids is 1. The summed E-state index contributed by atoms with van der Waals surface area (Å²) in [6.45, 7) is 5.58. The molecule has 0 heterocycles. The molecule has 0 radical (unpaired) electrons. The van der Waals surface area contributed by atoms with Gasteiger partial charge in [-0.3, -0.25) is 5.32 Å². The van der Waals surface area contributed by atoms with Gasteiger partial charge in [-0.05, 0) is 51.3 Å². The fraction of sp³-hybridized carbons (Fsp3) is 0.348. The third-order valence-corrected chi connectivity index (χ3v) is 4.77. The molecule has 0 saturated carbocycles. The number of hydrogen-bond donors (Lipinski definition) is 3. The van der Waals surface area contributed by atoms with Crippen molar-refractivity contribution >= 4 is 17.6 Å². The zero-order chi connectivity index (χ0) is 22.1. The van der Waals surface area contributed by atoms with Crippen LogP contribution in [0.2, 0.25) is 0 Å². The number of carbonyl (C=O) groups excluding carboxylic acids is 1. The van der Waals surface area contributed by atoms with E-state index in [2.05, 4.69) is 5.10 Å². The predicted molar refractivity (Wildman–Crippen MR) is 115 cm³/mol. The van der Waals surface area contributed by atoms with Crippen molar-refractivity contribution in [3.8, 4) is 5.75 Å². The van der Waals surface area contributed by atoms with Crippen LogP contribution in [0.3, 0.4) is 0 Å². The monoisotopic (exact) mass is 412 g/mol. The summed E-state index contributed by atoms with van der Waals surface area (Å²) >= 11 is 0. The van der Waals surface area contributed by atoms with Crippen molar-refractivity contribution in [3.05, 3.63) is 65.2 Å². The van der Waals surface area contributed by atoms with Gasteiger partial charge >= 0.3 is 11.9 Å². The summed E-state index contributed by atoms with van der Waals surface area (Å²) in [4.78, 5) is 23.5. The van der Waals surface area contributed by atoms with E-state index in [0.29, 0.717) is 24.4 Å². The number of aliphatic carboxylic acids is 1. The van der Waals surface area contributed by atoms with Crippen molar-refractivity contribution < 1.29 is 24.7 Å². The van der Waals surface area contributed by atoms with E-state index in [1.165, 1.54) is 19.4 Å². The van der Waals surface area contributed by atoms with Crippen LogP contribution >= 0.6 is 0 Å². The Morgan fingerprint density at radius 3 is 2.23 bits per heavy atom. The Bertz CT molecular complexity index is 888. The molecule has 0 atom stereocenters. The minimum absolute atomic E-state index is 0.141. The number of nitrogens with two attached hydrogens (primary N) is 2. The third kappa shape index (κ3) is 7.00. The molecule has 2 aromatic rings. The highest BCUT2D eigenvalue weighted by atomic mass is 16.5. The summed E-state index contributed by atoms with van der Waals surface area (Å²) in [6, 6.07) is 15.3. The van der Waals surface area contributed by atoms with Crippen molar-refractivity contribution in [1.29, 1.82) is 0 Å². The highest BCUT2D eigenvalue weighted by Crippen LogP contribution is 2.20. The number of aryl methyl sites for hydroxylation is 2. The van der Waals surface area contributed by atoms with Crippen LogP contribution in [0.4, 0.5) is 0 Å². The Kier molecular flexibility index (Phi) is 8.12. The van der Waals surface area contributed by atoms with E-state index >= 15 is 0 Å².